The normalized spacial score (nSPS) is 17.5. The van der Waals surface area contributed by atoms with Crippen LogP contribution in [-0.4, -0.2) is 249 Å². The Labute approximate surface area is 857 Å². The number of halogens is 9. The molecule has 12 aromatic rings. The standard InChI is InChI=1S/2C38H41F3N6O4.C36H40F3N5O3/c2*1-9-28(48)45-19-26-37(49)44(16-15-43(6)7)36-35(46(26)18-22(45)5)23-17-25(40)30(29-24(39)11-10-12-27(29)51-8)31(41)34(23)47(38(36)50)33-21(4)13-14-42-32(33)20(2)3;1-19(2)30-31(21(4)13-14-40-30)44-32-22(17-24(38)28(29(32)39)27-23(37)9-8-10-26(27)47-7)33-34(36(44)46)42(16-15-41(5)6)35(45)25-12-11-20(3)18-43(25)33/h2*9-14,17,20,22,26H,1,15-16,18-19H2,2-8H3;8-10,13-14,17,19-20,25H,11-12,15-16,18H2,1-7H3/t2*22-,26-;20-,25+/m110/s1. The van der Waals surface area contributed by atoms with Gasteiger partial charge in [-0.3, -0.25) is 67.0 Å². The van der Waals surface area contributed by atoms with Gasteiger partial charge in [0.2, 0.25) is 17.7 Å². The number of piperazine rings is 2. The van der Waals surface area contributed by atoms with Crippen molar-refractivity contribution in [2.75, 3.05) is 165 Å². The number of amides is 5. The summed E-state index contributed by atoms with van der Waals surface area (Å²) in [4.78, 5) is 146. The molecule has 0 bridgehead atoms. The fourth-order valence-electron chi connectivity index (χ4n) is 21.7. The Morgan fingerprint density at radius 3 is 0.933 bits per heavy atom. The molecule has 28 nitrogen and oxygen atoms in total. The number of nitrogens with zero attached hydrogens (tertiary/aromatic N) is 17. The molecule has 6 aliphatic heterocycles. The first-order chi connectivity index (χ1) is 70.8. The van der Waals surface area contributed by atoms with E-state index in [0.717, 1.165) is 45.9 Å². The smallest absolute Gasteiger partial charge is 0.281 e. The van der Waals surface area contributed by atoms with Crippen LogP contribution in [0.25, 0.3) is 83.2 Å². The fraction of sp³-hybridized carbons (Fsp3) is 0.384. The number of carbonyl (C=O) groups is 5. The molecule has 5 amide bonds. The molecule has 0 unspecified atom stereocenters. The molecule has 18 rings (SSSR count). The van der Waals surface area contributed by atoms with Crippen LogP contribution in [0.3, 0.4) is 0 Å². The molecule has 37 heteroatoms. The highest BCUT2D eigenvalue weighted by Crippen LogP contribution is 2.53. The van der Waals surface area contributed by atoms with Gasteiger partial charge >= 0.3 is 0 Å². The maximum Gasteiger partial charge on any atom is 0.281 e. The zero-order valence-corrected chi connectivity index (χ0v) is 87.3. The molecule has 6 aromatic carbocycles. The Morgan fingerprint density at radius 2 is 0.664 bits per heavy atom. The third-order valence-electron chi connectivity index (χ3n) is 28.9. The Kier molecular flexibility index (Phi) is 30.5. The summed E-state index contributed by atoms with van der Waals surface area (Å²) in [6, 6.07) is 16.6. The minimum atomic E-state index is -1.19. The molecule has 784 valence electrons. The van der Waals surface area contributed by atoms with Gasteiger partial charge < -0.3 is 68.1 Å². The van der Waals surface area contributed by atoms with Crippen LogP contribution >= 0.6 is 0 Å². The molecule has 0 N–H and O–H groups in total. The van der Waals surface area contributed by atoms with E-state index < -0.39 is 139 Å². The number of aromatic nitrogens is 6. The molecule has 0 radical (unpaired) electrons. The summed E-state index contributed by atoms with van der Waals surface area (Å²) in [5.41, 5.74) is -1.49. The summed E-state index contributed by atoms with van der Waals surface area (Å²) in [7, 11) is 14.9. The minimum absolute atomic E-state index is 0.000310. The number of fused-ring (bicyclic) bond motifs is 15. The molecule has 6 aromatic heterocycles. The zero-order valence-electron chi connectivity index (χ0n) is 87.3. The predicted molar refractivity (Wildman–Crippen MR) is 561 cm³/mol. The second-order valence-electron chi connectivity index (χ2n) is 40.5. The maximum atomic E-state index is 17.6. The van der Waals surface area contributed by atoms with E-state index in [9.17, 15) is 24.0 Å². The number of pyridine rings is 6. The second-order valence-corrected chi connectivity index (χ2v) is 40.5. The summed E-state index contributed by atoms with van der Waals surface area (Å²) in [6.07, 6.45) is 8.50. The van der Waals surface area contributed by atoms with Gasteiger partial charge in [-0.2, -0.15) is 0 Å². The second kappa shape index (κ2) is 42.5. The number of anilines is 6. The lowest BCUT2D eigenvalue weighted by Gasteiger charge is -2.50. The monoisotopic (exact) mass is 2050 g/mol. The Balaban J connectivity index is 0.000000159. The maximum absolute atomic E-state index is 17.6. The van der Waals surface area contributed by atoms with Gasteiger partial charge in [0, 0.05) is 106 Å². The van der Waals surface area contributed by atoms with Gasteiger partial charge in [0.15, 0.2) is 17.5 Å². The highest BCUT2D eigenvalue weighted by Gasteiger charge is 2.52. The molecule has 149 heavy (non-hydrogen) atoms. The lowest BCUT2D eigenvalue weighted by molar-refractivity contribution is -0.132. The molecule has 6 aliphatic rings. The van der Waals surface area contributed by atoms with Crippen molar-refractivity contribution in [3.05, 3.63) is 252 Å². The molecule has 12 heterocycles. The predicted octanol–water partition coefficient (Wildman–Crippen LogP) is 17.2. The van der Waals surface area contributed by atoms with Crippen molar-refractivity contribution in [1.29, 1.82) is 0 Å². The van der Waals surface area contributed by atoms with Crippen LogP contribution in [0.2, 0.25) is 0 Å². The van der Waals surface area contributed by atoms with Crippen LogP contribution in [0.15, 0.2) is 149 Å². The Hall–Kier alpha value is -14.7. The van der Waals surface area contributed by atoms with Crippen LogP contribution in [0.5, 0.6) is 17.2 Å². The minimum Gasteiger partial charge on any atom is -0.496 e. The van der Waals surface area contributed by atoms with Crippen molar-refractivity contribution in [1.82, 2.24) is 53.2 Å². The molecule has 0 spiro atoms. The molecule has 6 atom stereocenters. The van der Waals surface area contributed by atoms with E-state index in [2.05, 4.69) is 35.0 Å². The van der Waals surface area contributed by atoms with Crippen molar-refractivity contribution < 1.29 is 77.7 Å². The van der Waals surface area contributed by atoms with E-state index >= 15 is 53.9 Å². The fourth-order valence-corrected chi connectivity index (χ4v) is 21.7. The third-order valence-corrected chi connectivity index (χ3v) is 28.9. The first kappa shape index (κ1) is 107. The molecule has 0 saturated carbocycles. The summed E-state index contributed by atoms with van der Waals surface area (Å²) in [5, 5.41) is 0.118. The average molecular weight is 2050 g/mol. The van der Waals surface area contributed by atoms with E-state index in [1.54, 1.807) is 81.2 Å². The number of hydrogen-bond acceptors (Lipinski definition) is 20. The largest absolute Gasteiger partial charge is 0.496 e. The topological polar surface area (TPSA) is 253 Å². The molecular formula is C112H122F9N17O11. The van der Waals surface area contributed by atoms with Crippen LogP contribution in [0.1, 0.15) is 127 Å². The highest BCUT2D eigenvalue weighted by molar-refractivity contribution is 6.16. The molecule has 0 aliphatic carbocycles. The number of likely N-dealkylation sites (N-methyl/N-ethyl adjacent to an activating group) is 3. The SMILES string of the molecule is C=CC(=O)N1C[C@@H]2C(=O)N(CCN(C)C)c3c(c4cc(F)c(-c5c(F)cccc5OC)c(F)c4n(-c4c(C)ccnc4C(C)C)c3=O)N2C[C@H]1C.C=CC(=O)N1C[C@@H]2C(=O)N(CCN(C)C)c3c(c4cc(F)c(-c5c(F)cccc5OC)c(F)c4n(-c4c(C)ccnc4C(C)C)c3=O)N2C[C@H]1C.COc1cccc(F)c1-c1c(F)cc2c3c(c(=O)n(-c4c(C)ccnc4C(C)C)c2c1F)N(CCN(C)C)C(=O)[C@H]1CC[C@H](C)CN31. The van der Waals surface area contributed by atoms with Crippen LogP contribution in [-0.2, 0) is 24.0 Å². The van der Waals surface area contributed by atoms with Gasteiger partial charge in [-0.05, 0) is 215 Å². The zero-order chi connectivity index (χ0) is 108. The molecule has 3 fully saturated rings. The van der Waals surface area contributed by atoms with Crippen LogP contribution in [0.4, 0.5) is 73.6 Å². The number of carbonyl (C=O) groups excluding carboxylic acids is 5. The van der Waals surface area contributed by atoms with Gasteiger partial charge in [0.05, 0.1) is 136 Å². The lowest BCUT2D eigenvalue weighted by Crippen LogP contribution is -2.67. The average Bonchev–Trinajstić information content (AvgIpc) is 0.460. The van der Waals surface area contributed by atoms with Crippen molar-refractivity contribution in [2.24, 2.45) is 5.92 Å². The van der Waals surface area contributed by atoms with Gasteiger partial charge in [0.1, 0.15) is 87.3 Å². The first-order valence-corrected chi connectivity index (χ1v) is 49.6. The summed E-state index contributed by atoms with van der Waals surface area (Å²) in [6.45, 7) is 31.6. The number of piperidine rings is 1. The van der Waals surface area contributed by atoms with E-state index in [4.69, 9.17) is 14.2 Å². The van der Waals surface area contributed by atoms with Gasteiger partial charge in [-0.25, -0.2) is 39.5 Å². The van der Waals surface area contributed by atoms with E-state index in [1.165, 1.54) is 105 Å². The van der Waals surface area contributed by atoms with Crippen molar-refractivity contribution >= 4 is 96.4 Å². The number of hydrogen-bond donors (Lipinski definition) is 0. The lowest BCUT2D eigenvalue weighted by atomic mass is 9.89. The number of aryl methyl sites for hydroxylation is 3. The van der Waals surface area contributed by atoms with Crippen molar-refractivity contribution in [2.45, 2.75) is 144 Å². The Morgan fingerprint density at radius 1 is 0.383 bits per heavy atom. The Bertz CT molecular complexity index is 7350. The third kappa shape index (κ3) is 18.6. The van der Waals surface area contributed by atoms with Crippen LogP contribution in [0, 0.1) is 79.0 Å². The number of methoxy groups -OCH3 is 3. The molecule has 3 saturated heterocycles. The van der Waals surface area contributed by atoms with E-state index in [0.29, 0.717) is 77.7 Å². The molecular weight excluding hydrogens is 1930 g/mol. The number of rotatable bonds is 23. The summed E-state index contributed by atoms with van der Waals surface area (Å²) >= 11 is 0. The number of benzene rings is 6. The van der Waals surface area contributed by atoms with Gasteiger partial charge in [0.25, 0.3) is 28.5 Å². The van der Waals surface area contributed by atoms with E-state index in [-0.39, 0.29) is 183 Å². The highest BCUT2D eigenvalue weighted by atomic mass is 19.2. The van der Waals surface area contributed by atoms with Gasteiger partial charge in [-0.1, -0.05) is 79.8 Å². The van der Waals surface area contributed by atoms with Crippen LogP contribution < -0.4 is 60.3 Å². The quantitative estimate of drug-likeness (QED) is 0.0426. The first-order valence-electron chi connectivity index (χ1n) is 49.6. The van der Waals surface area contributed by atoms with Crippen molar-refractivity contribution in [3.63, 3.8) is 0 Å². The van der Waals surface area contributed by atoms with E-state index in [1.807, 2.05) is 103 Å². The van der Waals surface area contributed by atoms with Crippen molar-refractivity contribution in [3.8, 4) is 67.7 Å². The summed E-state index contributed by atoms with van der Waals surface area (Å²) in [5.74, 6) is -12.0. The van der Waals surface area contributed by atoms with Gasteiger partial charge in [-0.15, -0.1) is 0 Å². The summed E-state index contributed by atoms with van der Waals surface area (Å²) < 4.78 is 169. The number of ether oxygens (including phenoxy) is 3.